The van der Waals surface area contributed by atoms with Gasteiger partial charge < -0.3 is 10.1 Å². The van der Waals surface area contributed by atoms with Gasteiger partial charge in [-0.15, -0.1) is 11.3 Å². The van der Waals surface area contributed by atoms with Crippen molar-refractivity contribution < 1.29 is 13.9 Å². The van der Waals surface area contributed by atoms with Crippen LogP contribution in [0.1, 0.15) is 30.2 Å². The molecular formula is C17H23FN4O2S. The number of carbonyl (C=O) groups is 1. The number of nitriles is 1. The topological polar surface area (TPSA) is 78.2 Å². The lowest BCUT2D eigenvalue weighted by molar-refractivity contribution is -0.162. The van der Waals surface area contributed by atoms with Gasteiger partial charge in [0.2, 0.25) is 0 Å². The molecule has 2 atom stereocenters. The standard InChI is InChI=1S/C17H23FN4O2S/c1-15(2,8-19)13-21-6-12(25-13)7-22-10-16(14(23)24-3)4-5-20-9-17(16,18)11-22/h6,20H,4-5,7,9-11H2,1-3H3/t16-,17-/m0/s1. The number of fused-ring (bicyclic) bond motifs is 1. The number of esters is 1. The number of thiazole rings is 1. The van der Waals surface area contributed by atoms with E-state index >= 15 is 4.39 Å². The number of piperidine rings is 1. The van der Waals surface area contributed by atoms with E-state index in [0.717, 1.165) is 9.88 Å². The second kappa shape index (κ2) is 6.31. The number of halogens is 1. The van der Waals surface area contributed by atoms with Crippen LogP contribution >= 0.6 is 11.3 Å². The van der Waals surface area contributed by atoms with E-state index in [1.807, 2.05) is 18.7 Å². The monoisotopic (exact) mass is 366 g/mol. The highest BCUT2D eigenvalue weighted by Crippen LogP contribution is 2.48. The van der Waals surface area contributed by atoms with Crippen LogP contribution in [0.4, 0.5) is 4.39 Å². The van der Waals surface area contributed by atoms with Gasteiger partial charge in [0.25, 0.3) is 0 Å². The first-order chi connectivity index (χ1) is 11.8. The Morgan fingerprint density at radius 3 is 3.04 bits per heavy atom. The van der Waals surface area contributed by atoms with Crippen molar-refractivity contribution in [1.82, 2.24) is 15.2 Å². The van der Waals surface area contributed by atoms with E-state index in [1.54, 1.807) is 6.20 Å². The Kier molecular flexibility index (Phi) is 4.60. The van der Waals surface area contributed by atoms with Crippen LogP contribution in [0.25, 0.3) is 0 Å². The molecule has 0 aliphatic carbocycles. The lowest BCUT2D eigenvalue weighted by Gasteiger charge is -2.40. The molecule has 3 rings (SSSR count). The van der Waals surface area contributed by atoms with E-state index in [0.29, 0.717) is 26.1 Å². The summed E-state index contributed by atoms with van der Waals surface area (Å²) in [5.41, 5.74) is -3.37. The normalized spacial score (nSPS) is 29.9. The molecule has 136 valence electrons. The molecule has 1 aromatic heterocycles. The number of aromatic nitrogens is 1. The third-order valence-electron chi connectivity index (χ3n) is 5.28. The van der Waals surface area contributed by atoms with Crippen molar-refractivity contribution >= 4 is 17.3 Å². The Morgan fingerprint density at radius 1 is 1.60 bits per heavy atom. The molecule has 1 aromatic rings. The summed E-state index contributed by atoms with van der Waals surface area (Å²) in [6, 6.07) is 2.24. The fourth-order valence-electron chi connectivity index (χ4n) is 3.80. The van der Waals surface area contributed by atoms with Gasteiger partial charge in [0.05, 0.1) is 13.2 Å². The predicted octanol–water partition coefficient (Wildman–Crippen LogP) is 1.62. The number of ether oxygens (including phenoxy) is 1. The van der Waals surface area contributed by atoms with Crippen LogP contribution in [0.3, 0.4) is 0 Å². The Labute approximate surface area is 151 Å². The summed E-state index contributed by atoms with van der Waals surface area (Å²) in [4.78, 5) is 19.7. The third-order valence-corrected chi connectivity index (χ3v) is 6.59. The lowest BCUT2D eigenvalue weighted by Crippen LogP contribution is -2.60. The quantitative estimate of drug-likeness (QED) is 0.816. The van der Waals surface area contributed by atoms with Gasteiger partial charge in [-0.2, -0.15) is 5.26 Å². The first-order valence-corrected chi connectivity index (χ1v) is 9.15. The average Bonchev–Trinajstić information content (AvgIpc) is 3.16. The van der Waals surface area contributed by atoms with E-state index in [1.165, 1.54) is 18.4 Å². The van der Waals surface area contributed by atoms with E-state index in [-0.39, 0.29) is 13.1 Å². The lowest BCUT2D eigenvalue weighted by atomic mass is 9.71. The van der Waals surface area contributed by atoms with Gasteiger partial charge in [0, 0.05) is 37.3 Å². The summed E-state index contributed by atoms with van der Waals surface area (Å²) in [6.07, 6.45) is 2.18. The summed E-state index contributed by atoms with van der Waals surface area (Å²) in [6.45, 7) is 5.47. The zero-order chi connectivity index (χ0) is 18.3. The number of carbonyl (C=O) groups excluding carboxylic acids is 1. The largest absolute Gasteiger partial charge is 0.468 e. The smallest absolute Gasteiger partial charge is 0.316 e. The maximum Gasteiger partial charge on any atom is 0.316 e. The van der Waals surface area contributed by atoms with E-state index < -0.39 is 22.5 Å². The highest BCUT2D eigenvalue weighted by Gasteiger charge is 2.64. The van der Waals surface area contributed by atoms with Gasteiger partial charge in [0.1, 0.15) is 15.8 Å². The van der Waals surface area contributed by atoms with Crippen molar-refractivity contribution in [3.05, 3.63) is 16.1 Å². The molecule has 0 radical (unpaired) electrons. The molecule has 0 spiro atoms. The zero-order valence-corrected chi connectivity index (χ0v) is 15.6. The highest BCUT2D eigenvalue weighted by atomic mass is 32.1. The van der Waals surface area contributed by atoms with Crippen LogP contribution < -0.4 is 5.32 Å². The van der Waals surface area contributed by atoms with Crippen LogP contribution in [0.2, 0.25) is 0 Å². The Balaban J connectivity index is 1.80. The molecule has 0 bridgehead atoms. The van der Waals surface area contributed by atoms with Crippen LogP contribution in [-0.4, -0.2) is 54.8 Å². The van der Waals surface area contributed by atoms with Gasteiger partial charge in [-0.1, -0.05) is 0 Å². The first kappa shape index (κ1) is 18.2. The van der Waals surface area contributed by atoms with Crippen molar-refractivity contribution in [2.24, 2.45) is 5.41 Å². The van der Waals surface area contributed by atoms with Gasteiger partial charge in [-0.25, -0.2) is 9.37 Å². The van der Waals surface area contributed by atoms with Gasteiger partial charge >= 0.3 is 5.97 Å². The Hall–Kier alpha value is -1.56. The molecule has 3 heterocycles. The maximum absolute atomic E-state index is 15.6. The summed E-state index contributed by atoms with van der Waals surface area (Å²) in [5, 5.41) is 13.0. The minimum absolute atomic E-state index is 0.161. The molecule has 2 aliphatic rings. The minimum Gasteiger partial charge on any atom is -0.468 e. The molecule has 8 heteroatoms. The molecule has 0 amide bonds. The highest BCUT2D eigenvalue weighted by molar-refractivity contribution is 7.11. The SMILES string of the molecule is COC(=O)[C@@]12CCNC[C@]1(F)CN(Cc1cnc(C(C)(C)C#N)s1)C2. The molecule has 2 fully saturated rings. The molecule has 6 nitrogen and oxygen atoms in total. The maximum atomic E-state index is 15.6. The molecule has 2 saturated heterocycles. The molecule has 0 aromatic carbocycles. The zero-order valence-electron chi connectivity index (χ0n) is 14.8. The number of methoxy groups -OCH3 is 1. The molecule has 1 N–H and O–H groups in total. The van der Waals surface area contributed by atoms with E-state index in [2.05, 4.69) is 16.4 Å². The third kappa shape index (κ3) is 2.94. The average molecular weight is 366 g/mol. The Morgan fingerprint density at radius 2 is 2.36 bits per heavy atom. The fourth-order valence-corrected chi connectivity index (χ4v) is 4.80. The first-order valence-electron chi connectivity index (χ1n) is 8.33. The van der Waals surface area contributed by atoms with E-state index in [9.17, 15) is 10.1 Å². The van der Waals surface area contributed by atoms with Crippen molar-refractivity contribution in [2.45, 2.75) is 37.9 Å². The Bertz CT molecular complexity index is 716. The van der Waals surface area contributed by atoms with Gasteiger partial charge in [0.15, 0.2) is 5.67 Å². The van der Waals surface area contributed by atoms with Crippen molar-refractivity contribution in [3.8, 4) is 6.07 Å². The number of nitrogens with zero attached hydrogens (tertiary/aromatic N) is 3. The van der Waals surface area contributed by atoms with Gasteiger partial charge in [-0.05, 0) is 26.8 Å². The molecule has 25 heavy (non-hydrogen) atoms. The van der Waals surface area contributed by atoms with Crippen LogP contribution in [0.15, 0.2) is 6.20 Å². The second-order valence-corrected chi connectivity index (χ2v) is 8.59. The second-order valence-electron chi connectivity index (χ2n) is 7.48. The van der Waals surface area contributed by atoms with E-state index in [4.69, 9.17) is 4.74 Å². The number of hydrogen-bond donors (Lipinski definition) is 1. The van der Waals surface area contributed by atoms with Crippen LogP contribution in [0.5, 0.6) is 0 Å². The molecule has 2 aliphatic heterocycles. The number of likely N-dealkylation sites (tertiary alicyclic amines) is 1. The number of nitrogens with one attached hydrogen (secondary N) is 1. The predicted molar refractivity (Wildman–Crippen MR) is 91.8 cm³/mol. The number of alkyl halides is 1. The van der Waals surface area contributed by atoms with Gasteiger partial charge in [-0.3, -0.25) is 9.69 Å². The summed E-state index contributed by atoms with van der Waals surface area (Å²) < 4.78 is 20.5. The van der Waals surface area contributed by atoms with Crippen molar-refractivity contribution in [2.75, 3.05) is 33.3 Å². The van der Waals surface area contributed by atoms with Crippen molar-refractivity contribution in [3.63, 3.8) is 0 Å². The van der Waals surface area contributed by atoms with Crippen LogP contribution in [-0.2, 0) is 21.5 Å². The van der Waals surface area contributed by atoms with Crippen LogP contribution in [0, 0.1) is 16.7 Å². The number of hydrogen-bond acceptors (Lipinski definition) is 7. The summed E-state index contributed by atoms with van der Waals surface area (Å²) in [5.74, 6) is -0.463. The molecular weight excluding hydrogens is 343 g/mol. The summed E-state index contributed by atoms with van der Waals surface area (Å²) in [7, 11) is 1.32. The molecule has 0 saturated carbocycles. The summed E-state index contributed by atoms with van der Waals surface area (Å²) >= 11 is 1.47. The minimum atomic E-state index is -1.63. The number of rotatable bonds is 4. The fraction of sp³-hybridized carbons (Fsp3) is 0.706. The van der Waals surface area contributed by atoms with Crippen molar-refractivity contribution in [1.29, 1.82) is 5.26 Å². The molecule has 0 unspecified atom stereocenters.